The van der Waals surface area contributed by atoms with Gasteiger partial charge in [0.2, 0.25) is 5.91 Å². The summed E-state index contributed by atoms with van der Waals surface area (Å²) in [4.78, 5) is 41.2. The zero-order chi connectivity index (χ0) is 23.0. The van der Waals surface area contributed by atoms with Gasteiger partial charge < -0.3 is 10.6 Å². The van der Waals surface area contributed by atoms with Crippen molar-refractivity contribution in [1.82, 2.24) is 15.5 Å². The van der Waals surface area contributed by atoms with Gasteiger partial charge in [-0.2, -0.15) is 0 Å². The number of rotatable bonds is 5. The number of nitrogens with one attached hydrogen (secondary N) is 2. The van der Waals surface area contributed by atoms with Crippen LogP contribution >= 0.6 is 11.3 Å². The third-order valence-electron chi connectivity index (χ3n) is 7.64. The number of hydrogen-bond acceptors (Lipinski definition) is 4. The first-order valence-corrected chi connectivity index (χ1v) is 12.9. The summed E-state index contributed by atoms with van der Waals surface area (Å²) in [7, 11) is 0. The number of amides is 4. The first-order valence-electron chi connectivity index (χ1n) is 12.1. The van der Waals surface area contributed by atoms with E-state index in [0.717, 1.165) is 47.4 Å². The fourth-order valence-electron chi connectivity index (χ4n) is 5.70. The second-order valence-electron chi connectivity index (χ2n) is 9.69. The standard InChI is InChI=1S/C26H31N3O3S/c1-17-7-4-5-13-26(17)24(31)29(25(32)28-26)16-22(30)27-23(21-10-6-14-33-21)20-12-11-18-8-2-3-9-19(18)15-20/h6,10-12,14-15,17,23H,2-5,7-9,13,16H2,1H3,(H,27,30)(H,28,32). The first kappa shape index (κ1) is 22.1. The third kappa shape index (κ3) is 4.07. The van der Waals surface area contributed by atoms with E-state index in [0.29, 0.717) is 6.42 Å². The minimum Gasteiger partial charge on any atom is -0.343 e. The van der Waals surface area contributed by atoms with Crippen molar-refractivity contribution < 1.29 is 14.4 Å². The van der Waals surface area contributed by atoms with E-state index in [4.69, 9.17) is 0 Å². The molecule has 4 amide bonds. The van der Waals surface area contributed by atoms with Gasteiger partial charge in [0.15, 0.2) is 0 Å². The predicted octanol–water partition coefficient (Wildman–Crippen LogP) is 4.33. The predicted molar refractivity (Wildman–Crippen MR) is 128 cm³/mol. The van der Waals surface area contributed by atoms with Crippen LogP contribution in [-0.2, 0) is 22.4 Å². The summed E-state index contributed by atoms with van der Waals surface area (Å²) in [6.07, 6.45) is 8.12. The van der Waals surface area contributed by atoms with E-state index in [9.17, 15) is 14.4 Å². The van der Waals surface area contributed by atoms with Gasteiger partial charge in [0.05, 0.1) is 6.04 Å². The number of urea groups is 1. The molecule has 2 aliphatic carbocycles. The SMILES string of the molecule is CC1CCCCC12NC(=O)N(CC(=O)NC(c1ccc3c(c1)CCCC3)c1cccs1)C2=O. The van der Waals surface area contributed by atoms with Crippen LogP contribution in [0, 0.1) is 5.92 Å². The second-order valence-corrected chi connectivity index (χ2v) is 10.7. The molecular weight excluding hydrogens is 434 g/mol. The number of aryl methyl sites for hydroxylation is 2. The van der Waals surface area contributed by atoms with Crippen molar-refractivity contribution in [2.75, 3.05) is 6.54 Å². The van der Waals surface area contributed by atoms with Crippen molar-refractivity contribution in [3.05, 3.63) is 57.3 Å². The van der Waals surface area contributed by atoms with E-state index in [1.54, 1.807) is 11.3 Å². The van der Waals surface area contributed by atoms with Crippen molar-refractivity contribution in [2.45, 2.75) is 69.9 Å². The van der Waals surface area contributed by atoms with Crippen molar-refractivity contribution in [2.24, 2.45) is 5.92 Å². The summed E-state index contributed by atoms with van der Waals surface area (Å²) in [6, 6.07) is 9.73. The molecule has 6 nitrogen and oxygen atoms in total. The van der Waals surface area contributed by atoms with Gasteiger partial charge in [-0.05, 0) is 72.6 Å². The maximum absolute atomic E-state index is 13.2. The van der Waals surface area contributed by atoms with E-state index in [1.165, 1.54) is 24.0 Å². The van der Waals surface area contributed by atoms with Gasteiger partial charge in [0.25, 0.3) is 5.91 Å². The molecule has 33 heavy (non-hydrogen) atoms. The van der Waals surface area contributed by atoms with Gasteiger partial charge in [-0.1, -0.05) is 44.0 Å². The number of carbonyl (C=O) groups is 3. The number of nitrogens with zero attached hydrogens (tertiary/aromatic N) is 1. The quantitative estimate of drug-likeness (QED) is 0.645. The van der Waals surface area contributed by atoms with Crippen LogP contribution in [0.3, 0.4) is 0 Å². The molecule has 3 atom stereocenters. The Morgan fingerprint density at radius 1 is 1.18 bits per heavy atom. The number of fused-ring (bicyclic) bond motifs is 1. The van der Waals surface area contributed by atoms with Gasteiger partial charge >= 0.3 is 6.03 Å². The molecule has 1 aliphatic heterocycles. The van der Waals surface area contributed by atoms with E-state index in [-0.39, 0.29) is 30.3 Å². The Bertz CT molecular complexity index is 1070. The van der Waals surface area contributed by atoms with Crippen LogP contribution in [-0.4, -0.2) is 34.8 Å². The van der Waals surface area contributed by atoms with E-state index in [2.05, 4.69) is 28.8 Å². The zero-order valence-corrected chi connectivity index (χ0v) is 19.9. The lowest BCUT2D eigenvalue weighted by Gasteiger charge is -2.36. The molecule has 2 heterocycles. The number of hydrogen-bond donors (Lipinski definition) is 2. The lowest BCUT2D eigenvalue weighted by Crippen LogP contribution is -2.54. The second kappa shape index (κ2) is 8.93. The molecule has 2 N–H and O–H groups in total. The molecule has 2 aromatic rings. The minimum atomic E-state index is -0.846. The fraction of sp³-hybridized carbons (Fsp3) is 0.500. The summed E-state index contributed by atoms with van der Waals surface area (Å²) in [6.45, 7) is 1.76. The maximum atomic E-state index is 13.2. The van der Waals surface area contributed by atoms with Crippen molar-refractivity contribution in [3.63, 3.8) is 0 Å². The summed E-state index contributed by atoms with van der Waals surface area (Å²) in [5.41, 5.74) is 2.95. The van der Waals surface area contributed by atoms with Gasteiger partial charge in [0.1, 0.15) is 12.1 Å². The molecule has 5 rings (SSSR count). The van der Waals surface area contributed by atoms with Crippen LogP contribution in [0.15, 0.2) is 35.7 Å². The first-order chi connectivity index (χ1) is 16.0. The van der Waals surface area contributed by atoms with Crippen molar-refractivity contribution in [3.8, 4) is 0 Å². The summed E-state index contributed by atoms with van der Waals surface area (Å²) < 4.78 is 0. The highest BCUT2D eigenvalue weighted by Gasteiger charge is 2.55. The average molecular weight is 466 g/mol. The molecule has 1 saturated carbocycles. The maximum Gasteiger partial charge on any atom is 0.325 e. The van der Waals surface area contributed by atoms with Crippen molar-refractivity contribution >= 4 is 29.2 Å². The van der Waals surface area contributed by atoms with Gasteiger partial charge in [-0.25, -0.2) is 4.79 Å². The molecule has 3 aliphatic rings. The van der Waals surface area contributed by atoms with Crippen LogP contribution in [0.2, 0.25) is 0 Å². The Morgan fingerprint density at radius 3 is 2.76 bits per heavy atom. The third-order valence-corrected chi connectivity index (χ3v) is 8.58. The van der Waals surface area contributed by atoms with Crippen LogP contribution in [0.25, 0.3) is 0 Å². The molecule has 1 aromatic heterocycles. The lowest BCUT2D eigenvalue weighted by atomic mass is 9.73. The van der Waals surface area contributed by atoms with Gasteiger partial charge in [-0.3, -0.25) is 14.5 Å². The molecule has 1 saturated heterocycles. The van der Waals surface area contributed by atoms with Crippen LogP contribution in [0.5, 0.6) is 0 Å². The Morgan fingerprint density at radius 2 is 2.00 bits per heavy atom. The topological polar surface area (TPSA) is 78.5 Å². The van der Waals surface area contributed by atoms with E-state index >= 15 is 0 Å². The average Bonchev–Trinajstić information content (AvgIpc) is 3.43. The molecule has 0 radical (unpaired) electrons. The van der Waals surface area contributed by atoms with E-state index < -0.39 is 11.6 Å². The molecular formula is C26H31N3O3S. The zero-order valence-electron chi connectivity index (χ0n) is 19.1. The Labute approximate surface area is 198 Å². The number of imide groups is 1. The summed E-state index contributed by atoms with van der Waals surface area (Å²) in [5.74, 6) is -0.503. The normalized spacial score (nSPS) is 25.6. The van der Waals surface area contributed by atoms with Crippen LogP contribution in [0.4, 0.5) is 4.79 Å². The molecule has 7 heteroatoms. The Hall–Kier alpha value is -2.67. The Kier molecular flexibility index (Phi) is 5.99. The van der Waals surface area contributed by atoms with Crippen LogP contribution in [0.1, 0.15) is 73.1 Å². The monoisotopic (exact) mass is 465 g/mol. The van der Waals surface area contributed by atoms with Gasteiger partial charge in [0, 0.05) is 4.88 Å². The molecule has 3 unspecified atom stereocenters. The molecule has 0 bridgehead atoms. The highest BCUT2D eigenvalue weighted by atomic mass is 32.1. The number of carbonyl (C=O) groups excluding carboxylic acids is 3. The van der Waals surface area contributed by atoms with Crippen LogP contribution < -0.4 is 10.6 Å². The highest BCUT2D eigenvalue weighted by Crippen LogP contribution is 2.38. The number of thiophene rings is 1. The lowest BCUT2D eigenvalue weighted by molar-refractivity contribution is -0.137. The molecule has 1 aromatic carbocycles. The smallest absolute Gasteiger partial charge is 0.325 e. The molecule has 174 valence electrons. The molecule has 2 fully saturated rings. The largest absolute Gasteiger partial charge is 0.343 e. The van der Waals surface area contributed by atoms with Crippen molar-refractivity contribution in [1.29, 1.82) is 0 Å². The molecule has 1 spiro atoms. The number of benzene rings is 1. The minimum absolute atomic E-state index is 0.0742. The highest BCUT2D eigenvalue weighted by molar-refractivity contribution is 7.10. The van der Waals surface area contributed by atoms with E-state index in [1.807, 2.05) is 24.4 Å². The fourth-order valence-corrected chi connectivity index (χ4v) is 6.50. The Balaban J connectivity index is 1.35. The summed E-state index contributed by atoms with van der Waals surface area (Å²) >= 11 is 1.59. The van der Waals surface area contributed by atoms with Gasteiger partial charge in [-0.15, -0.1) is 11.3 Å². The summed E-state index contributed by atoms with van der Waals surface area (Å²) in [5, 5.41) is 8.04.